The van der Waals surface area contributed by atoms with Gasteiger partial charge < -0.3 is 4.57 Å². The van der Waals surface area contributed by atoms with Crippen LogP contribution in [-0.2, 0) is 0 Å². The van der Waals surface area contributed by atoms with Crippen LogP contribution in [0.4, 0.5) is 0 Å². The average Bonchev–Trinajstić information content (AvgIpc) is 2.74. The number of hydrogen-bond acceptors (Lipinski definition) is 0. The zero-order chi connectivity index (χ0) is 11.3. The molecule has 0 amide bonds. The molecule has 1 aliphatic rings. The van der Waals surface area contributed by atoms with Gasteiger partial charge in [0.25, 0.3) is 0 Å². The third-order valence-electron chi connectivity index (χ3n) is 3.99. The molecule has 0 saturated carbocycles. The van der Waals surface area contributed by atoms with E-state index in [9.17, 15) is 0 Å². The fraction of sp³-hybridized carbons (Fsp3) is 0.333. The van der Waals surface area contributed by atoms with Crippen LogP contribution in [-0.4, -0.2) is 4.57 Å². The van der Waals surface area contributed by atoms with Crippen LogP contribution in [0.1, 0.15) is 36.9 Å². The minimum absolute atomic E-state index is 0.555. The smallest absolute Gasteiger partial charge is 0.0488 e. The molecule has 0 bridgehead atoms. The van der Waals surface area contributed by atoms with Crippen LogP contribution in [0.25, 0.3) is 11.3 Å². The van der Waals surface area contributed by atoms with Crippen LogP contribution in [0.3, 0.4) is 0 Å². The molecule has 0 fully saturated rings. The molecule has 0 radical (unpaired) electrons. The Morgan fingerprint density at radius 2 is 1.88 bits per heavy atom. The van der Waals surface area contributed by atoms with Crippen LogP contribution in [0, 0.1) is 6.92 Å². The standard InChI is InChI=1S/C15H17N/c1-10-6-4-7-13-11(2)12(3)16-9-5-8-14(16)15(10)13/h4-9,11-12H,1-3H3. The van der Waals surface area contributed by atoms with Gasteiger partial charge in [0.05, 0.1) is 0 Å². The molecular formula is C15H17N. The van der Waals surface area contributed by atoms with Gasteiger partial charge >= 0.3 is 0 Å². The normalized spacial score (nSPS) is 22.7. The second-order valence-corrected chi connectivity index (χ2v) is 4.87. The van der Waals surface area contributed by atoms with Crippen LogP contribution in [0.15, 0.2) is 36.5 Å². The summed E-state index contributed by atoms with van der Waals surface area (Å²) in [6.45, 7) is 6.84. The Morgan fingerprint density at radius 3 is 2.69 bits per heavy atom. The van der Waals surface area contributed by atoms with E-state index < -0.39 is 0 Å². The molecule has 3 rings (SSSR count). The van der Waals surface area contributed by atoms with Gasteiger partial charge in [-0.3, -0.25) is 0 Å². The molecule has 1 aliphatic heterocycles. The lowest BCUT2D eigenvalue weighted by Crippen LogP contribution is -2.19. The minimum Gasteiger partial charge on any atom is -0.344 e. The summed E-state index contributed by atoms with van der Waals surface area (Å²) in [5, 5.41) is 0. The molecule has 0 N–H and O–H groups in total. The van der Waals surface area contributed by atoms with E-state index in [1.807, 2.05) is 0 Å². The van der Waals surface area contributed by atoms with Crippen molar-refractivity contribution in [1.29, 1.82) is 0 Å². The fourth-order valence-electron chi connectivity index (χ4n) is 2.88. The third-order valence-corrected chi connectivity index (χ3v) is 3.99. The highest BCUT2D eigenvalue weighted by atomic mass is 15.0. The molecule has 0 saturated heterocycles. The summed E-state index contributed by atoms with van der Waals surface area (Å²) in [7, 11) is 0. The maximum atomic E-state index is 2.40. The van der Waals surface area contributed by atoms with E-state index in [0.717, 1.165) is 0 Å². The largest absolute Gasteiger partial charge is 0.344 e. The van der Waals surface area contributed by atoms with Crippen molar-refractivity contribution in [3.8, 4) is 11.3 Å². The average molecular weight is 211 g/mol. The van der Waals surface area contributed by atoms with Gasteiger partial charge in [-0.1, -0.05) is 25.1 Å². The summed E-state index contributed by atoms with van der Waals surface area (Å²) in [4.78, 5) is 0. The Labute approximate surface area is 96.7 Å². The first-order valence-corrected chi connectivity index (χ1v) is 5.97. The molecule has 16 heavy (non-hydrogen) atoms. The van der Waals surface area contributed by atoms with Gasteiger partial charge in [-0.25, -0.2) is 0 Å². The van der Waals surface area contributed by atoms with Crippen molar-refractivity contribution < 1.29 is 0 Å². The topological polar surface area (TPSA) is 4.93 Å². The van der Waals surface area contributed by atoms with Gasteiger partial charge in [0.15, 0.2) is 0 Å². The van der Waals surface area contributed by atoms with Crippen LogP contribution < -0.4 is 0 Å². The molecule has 1 aromatic carbocycles. The molecule has 2 aromatic rings. The van der Waals surface area contributed by atoms with E-state index in [1.165, 1.54) is 22.4 Å². The summed E-state index contributed by atoms with van der Waals surface area (Å²) in [5.41, 5.74) is 5.70. The lowest BCUT2D eigenvalue weighted by Gasteiger charge is -2.32. The Balaban J connectivity index is 2.36. The highest BCUT2D eigenvalue weighted by molar-refractivity contribution is 5.71. The van der Waals surface area contributed by atoms with Gasteiger partial charge in [-0.15, -0.1) is 0 Å². The number of hydrogen-bond donors (Lipinski definition) is 0. The minimum atomic E-state index is 0.555. The molecular weight excluding hydrogens is 194 g/mol. The SMILES string of the molecule is Cc1cccc2c1-c1cccn1C(C)C2C. The summed E-state index contributed by atoms with van der Waals surface area (Å²) >= 11 is 0. The van der Waals surface area contributed by atoms with Gasteiger partial charge in [0.1, 0.15) is 0 Å². The summed E-state index contributed by atoms with van der Waals surface area (Å²) in [6, 6.07) is 11.6. The van der Waals surface area contributed by atoms with E-state index in [2.05, 4.69) is 61.9 Å². The number of rotatable bonds is 0. The zero-order valence-corrected chi connectivity index (χ0v) is 10.1. The van der Waals surface area contributed by atoms with Crippen molar-refractivity contribution in [2.45, 2.75) is 32.7 Å². The van der Waals surface area contributed by atoms with E-state index in [4.69, 9.17) is 0 Å². The van der Waals surface area contributed by atoms with Crippen molar-refractivity contribution in [2.24, 2.45) is 0 Å². The molecule has 0 spiro atoms. The summed E-state index contributed by atoms with van der Waals surface area (Å²) in [6.07, 6.45) is 2.20. The first-order chi connectivity index (χ1) is 7.70. The number of aromatic nitrogens is 1. The Bertz CT molecular complexity index is 536. The van der Waals surface area contributed by atoms with Crippen LogP contribution in [0.2, 0.25) is 0 Å². The Hall–Kier alpha value is -1.50. The molecule has 1 aromatic heterocycles. The summed E-state index contributed by atoms with van der Waals surface area (Å²) in [5.74, 6) is 0.592. The quantitative estimate of drug-likeness (QED) is 0.617. The Kier molecular flexibility index (Phi) is 1.97. The number of nitrogens with zero attached hydrogens (tertiary/aromatic N) is 1. The fourth-order valence-corrected chi connectivity index (χ4v) is 2.88. The maximum Gasteiger partial charge on any atom is 0.0488 e. The number of aryl methyl sites for hydroxylation is 1. The second kappa shape index (κ2) is 3.24. The number of benzene rings is 1. The molecule has 1 heteroatoms. The predicted octanol–water partition coefficient (Wildman–Crippen LogP) is 4.14. The molecule has 2 heterocycles. The Morgan fingerprint density at radius 1 is 1.06 bits per heavy atom. The van der Waals surface area contributed by atoms with Crippen molar-refractivity contribution in [2.75, 3.05) is 0 Å². The first kappa shape index (κ1) is 9.71. The van der Waals surface area contributed by atoms with Crippen molar-refractivity contribution in [3.05, 3.63) is 47.7 Å². The van der Waals surface area contributed by atoms with E-state index in [1.54, 1.807) is 0 Å². The molecule has 82 valence electrons. The van der Waals surface area contributed by atoms with E-state index in [-0.39, 0.29) is 0 Å². The lowest BCUT2D eigenvalue weighted by atomic mass is 9.84. The van der Waals surface area contributed by atoms with Crippen molar-refractivity contribution in [1.82, 2.24) is 4.57 Å². The molecule has 1 nitrogen and oxygen atoms in total. The highest BCUT2D eigenvalue weighted by Crippen LogP contribution is 2.43. The zero-order valence-electron chi connectivity index (χ0n) is 10.1. The van der Waals surface area contributed by atoms with Gasteiger partial charge in [-0.2, -0.15) is 0 Å². The first-order valence-electron chi connectivity index (χ1n) is 5.97. The second-order valence-electron chi connectivity index (χ2n) is 4.87. The lowest BCUT2D eigenvalue weighted by molar-refractivity contribution is 0.462. The van der Waals surface area contributed by atoms with Gasteiger partial charge in [-0.05, 0) is 37.1 Å². The van der Waals surface area contributed by atoms with Crippen molar-refractivity contribution in [3.63, 3.8) is 0 Å². The van der Waals surface area contributed by atoms with Crippen molar-refractivity contribution >= 4 is 0 Å². The molecule has 2 atom stereocenters. The van der Waals surface area contributed by atoms with Crippen LogP contribution >= 0.6 is 0 Å². The molecule has 0 aliphatic carbocycles. The molecule has 2 unspecified atom stereocenters. The van der Waals surface area contributed by atoms with Gasteiger partial charge in [0, 0.05) is 29.4 Å². The predicted molar refractivity (Wildman–Crippen MR) is 67.7 cm³/mol. The number of fused-ring (bicyclic) bond motifs is 3. The maximum absolute atomic E-state index is 2.40. The van der Waals surface area contributed by atoms with E-state index >= 15 is 0 Å². The van der Waals surface area contributed by atoms with Gasteiger partial charge in [0.2, 0.25) is 0 Å². The highest BCUT2D eigenvalue weighted by Gasteiger charge is 2.27. The third kappa shape index (κ3) is 1.12. The van der Waals surface area contributed by atoms with Crippen LogP contribution in [0.5, 0.6) is 0 Å². The summed E-state index contributed by atoms with van der Waals surface area (Å²) < 4.78 is 2.40. The monoisotopic (exact) mass is 211 g/mol. The van der Waals surface area contributed by atoms with E-state index in [0.29, 0.717) is 12.0 Å².